The van der Waals surface area contributed by atoms with Gasteiger partial charge in [0.2, 0.25) is 0 Å². The van der Waals surface area contributed by atoms with Crippen LogP contribution in [0.3, 0.4) is 0 Å². The summed E-state index contributed by atoms with van der Waals surface area (Å²) in [7, 11) is 3.95. The zero-order valence-corrected chi connectivity index (χ0v) is 18.4. The Morgan fingerprint density at radius 2 is 1.63 bits per heavy atom. The Balaban J connectivity index is 0.00000261. The maximum Gasteiger partial charge on any atom is 0.191 e. The third kappa shape index (κ3) is 6.66. The van der Waals surface area contributed by atoms with Crippen LogP contribution in [0.1, 0.15) is 11.1 Å². The highest BCUT2D eigenvalue weighted by Gasteiger charge is 2.14. The molecule has 146 valence electrons. The van der Waals surface area contributed by atoms with Crippen LogP contribution in [-0.2, 0) is 13.1 Å². The minimum absolute atomic E-state index is 0. The maximum atomic E-state index is 4.63. The molecule has 2 N–H and O–H groups in total. The highest BCUT2D eigenvalue weighted by atomic mass is 127. The molecule has 27 heavy (non-hydrogen) atoms. The van der Waals surface area contributed by atoms with Crippen LogP contribution in [-0.4, -0.2) is 56.1 Å². The molecule has 6 nitrogen and oxygen atoms in total. The number of halogens is 1. The Labute approximate surface area is 179 Å². The molecule has 1 aliphatic heterocycles. The summed E-state index contributed by atoms with van der Waals surface area (Å²) in [6.45, 7) is 5.71. The third-order valence-corrected chi connectivity index (χ3v) is 4.62. The van der Waals surface area contributed by atoms with Crippen molar-refractivity contribution in [2.45, 2.75) is 13.1 Å². The molecule has 1 saturated heterocycles. The van der Waals surface area contributed by atoms with Gasteiger partial charge in [-0.15, -0.1) is 24.0 Å². The minimum Gasteiger partial charge on any atom is -0.354 e. The van der Waals surface area contributed by atoms with E-state index in [9.17, 15) is 0 Å². The zero-order chi connectivity index (χ0) is 18.2. The number of nitrogens with one attached hydrogen (secondary N) is 2. The van der Waals surface area contributed by atoms with Gasteiger partial charge in [-0.1, -0.05) is 36.4 Å². The number of guanidine groups is 1. The number of pyridine rings is 1. The van der Waals surface area contributed by atoms with Gasteiger partial charge in [0.15, 0.2) is 5.96 Å². The number of hydrogen-bond acceptors (Lipinski definition) is 4. The van der Waals surface area contributed by atoms with Gasteiger partial charge in [0.1, 0.15) is 5.82 Å². The van der Waals surface area contributed by atoms with Gasteiger partial charge < -0.3 is 20.4 Å². The van der Waals surface area contributed by atoms with E-state index >= 15 is 0 Å². The summed E-state index contributed by atoms with van der Waals surface area (Å²) < 4.78 is 0. The van der Waals surface area contributed by atoms with Crippen LogP contribution in [0.4, 0.5) is 5.82 Å². The van der Waals surface area contributed by atoms with E-state index < -0.39 is 0 Å². The molecule has 0 saturated carbocycles. The summed E-state index contributed by atoms with van der Waals surface area (Å²) in [5, 5.41) is 6.67. The summed E-state index contributed by atoms with van der Waals surface area (Å²) in [6, 6.07) is 14.6. The number of piperazine rings is 1. The number of aromatic nitrogens is 1. The molecule has 1 aliphatic rings. The van der Waals surface area contributed by atoms with Gasteiger partial charge in [0.05, 0.1) is 0 Å². The first-order valence-corrected chi connectivity index (χ1v) is 9.11. The molecule has 0 atom stereocenters. The van der Waals surface area contributed by atoms with Crippen molar-refractivity contribution in [1.29, 1.82) is 0 Å². The predicted molar refractivity (Wildman–Crippen MR) is 123 cm³/mol. The zero-order valence-electron chi connectivity index (χ0n) is 16.1. The van der Waals surface area contributed by atoms with Gasteiger partial charge in [-0.2, -0.15) is 0 Å². The van der Waals surface area contributed by atoms with Crippen LogP contribution >= 0.6 is 24.0 Å². The highest BCUT2D eigenvalue weighted by Crippen LogP contribution is 2.13. The Morgan fingerprint density at radius 1 is 0.963 bits per heavy atom. The first-order chi connectivity index (χ1) is 12.7. The largest absolute Gasteiger partial charge is 0.354 e. The van der Waals surface area contributed by atoms with Crippen molar-refractivity contribution >= 4 is 35.8 Å². The lowest BCUT2D eigenvalue weighted by molar-refractivity contribution is 0.312. The lowest BCUT2D eigenvalue weighted by atomic mass is 10.2. The number of nitrogens with zero attached hydrogens (tertiary/aromatic N) is 4. The average Bonchev–Trinajstić information content (AvgIpc) is 2.70. The fraction of sp³-hybridized carbons (Fsp3) is 0.400. The molecule has 0 spiro atoms. The van der Waals surface area contributed by atoms with E-state index in [0.29, 0.717) is 6.54 Å². The van der Waals surface area contributed by atoms with Gasteiger partial charge in [-0.3, -0.25) is 4.99 Å². The van der Waals surface area contributed by atoms with Gasteiger partial charge in [-0.25, -0.2) is 4.98 Å². The molecule has 0 radical (unpaired) electrons. The van der Waals surface area contributed by atoms with Crippen molar-refractivity contribution in [3.63, 3.8) is 0 Å². The van der Waals surface area contributed by atoms with Crippen LogP contribution in [0.2, 0.25) is 0 Å². The first kappa shape index (κ1) is 21.4. The first-order valence-electron chi connectivity index (χ1n) is 9.11. The van der Waals surface area contributed by atoms with Gasteiger partial charge in [-0.05, 0) is 24.2 Å². The molecule has 3 rings (SSSR count). The van der Waals surface area contributed by atoms with Crippen LogP contribution in [0.15, 0.2) is 53.7 Å². The van der Waals surface area contributed by atoms with E-state index in [-0.39, 0.29) is 24.0 Å². The molecule has 0 amide bonds. The predicted octanol–water partition coefficient (Wildman–Crippen LogP) is 2.32. The monoisotopic (exact) mass is 480 g/mol. The summed E-state index contributed by atoms with van der Waals surface area (Å²) in [5.74, 6) is 1.85. The van der Waals surface area contributed by atoms with Gasteiger partial charge in [0.25, 0.3) is 0 Å². The van der Waals surface area contributed by atoms with E-state index in [1.54, 1.807) is 7.05 Å². The molecule has 0 aliphatic carbocycles. The number of likely N-dealkylation sites (N-methyl/N-ethyl adjacent to an activating group) is 1. The van der Waals surface area contributed by atoms with Crippen LogP contribution in [0.5, 0.6) is 0 Å². The van der Waals surface area contributed by atoms with Crippen LogP contribution in [0.25, 0.3) is 0 Å². The van der Waals surface area contributed by atoms with E-state index in [1.165, 1.54) is 5.56 Å². The fourth-order valence-corrected chi connectivity index (χ4v) is 2.93. The number of anilines is 1. The highest BCUT2D eigenvalue weighted by molar-refractivity contribution is 14.0. The Bertz CT molecular complexity index is 696. The smallest absolute Gasteiger partial charge is 0.191 e. The molecule has 1 fully saturated rings. The normalized spacial score (nSPS) is 15.2. The second kappa shape index (κ2) is 11.1. The Kier molecular flexibility index (Phi) is 8.80. The molecular formula is C20H29IN6. The standard InChI is InChI=1S/C20H28N6.HI/c1-21-20(23-14-17-6-4-3-5-7-17)24-16-18-8-9-19(22-15-18)26-12-10-25(2)11-13-26;/h3-9,15H,10-14,16H2,1-2H3,(H2,21,23,24);1H. The van der Waals surface area contributed by atoms with E-state index in [1.807, 2.05) is 24.4 Å². The quantitative estimate of drug-likeness (QED) is 0.391. The molecule has 1 aromatic carbocycles. The second-order valence-corrected chi connectivity index (χ2v) is 6.58. The van der Waals surface area contributed by atoms with E-state index in [0.717, 1.165) is 50.1 Å². The molecular weight excluding hydrogens is 451 g/mol. The number of benzene rings is 1. The molecule has 0 bridgehead atoms. The minimum atomic E-state index is 0. The fourth-order valence-electron chi connectivity index (χ4n) is 2.93. The molecule has 0 unspecified atom stereocenters. The topological polar surface area (TPSA) is 55.8 Å². The second-order valence-electron chi connectivity index (χ2n) is 6.58. The number of rotatable bonds is 5. The average molecular weight is 480 g/mol. The number of hydrogen-bond donors (Lipinski definition) is 2. The third-order valence-electron chi connectivity index (χ3n) is 4.62. The van der Waals surface area contributed by atoms with E-state index in [2.05, 4.69) is 61.7 Å². The molecule has 2 aromatic rings. The van der Waals surface area contributed by atoms with Crippen molar-refractivity contribution < 1.29 is 0 Å². The number of aliphatic imine (C=N–C) groups is 1. The summed E-state index contributed by atoms with van der Waals surface area (Å²) in [4.78, 5) is 13.6. The summed E-state index contributed by atoms with van der Waals surface area (Å²) in [6.07, 6.45) is 1.95. The SMILES string of the molecule is CN=C(NCc1ccccc1)NCc1ccc(N2CCN(C)CC2)nc1.I. The van der Waals surface area contributed by atoms with Gasteiger partial charge >= 0.3 is 0 Å². The van der Waals surface area contributed by atoms with Crippen LogP contribution in [0, 0.1) is 0 Å². The molecule has 2 heterocycles. The maximum absolute atomic E-state index is 4.63. The Morgan fingerprint density at radius 3 is 2.22 bits per heavy atom. The van der Waals surface area contributed by atoms with Crippen molar-refractivity contribution in [2.75, 3.05) is 45.2 Å². The molecule has 7 heteroatoms. The van der Waals surface area contributed by atoms with Crippen molar-refractivity contribution in [3.05, 3.63) is 59.8 Å². The van der Waals surface area contributed by atoms with E-state index in [4.69, 9.17) is 0 Å². The summed E-state index contributed by atoms with van der Waals surface area (Å²) >= 11 is 0. The van der Waals surface area contributed by atoms with Crippen molar-refractivity contribution in [3.8, 4) is 0 Å². The van der Waals surface area contributed by atoms with Gasteiger partial charge in [0, 0.05) is 52.5 Å². The lowest BCUT2D eigenvalue weighted by Gasteiger charge is -2.33. The molecule has 1 aromatic heterocycles. The van der Waals surface area contributed by atoms with Crippen molar-refractivity contribution in [1.82, 2.24) is 20.5 Å². The summed E-state index contributed by atoms with van der Waals surface area (Å²) in [5.41, 5.74) is 2.37. The Hall–Kier alpha value is -1.87. The van der Waals surface area contributed by atoms with Crippen LogP contribution < -0.4 is 15.5 Å². The lowest BCUT2D eigenvalue weighted by Crippen LogP contribution is -2.44. The van der Waals surface area contributed by atoms with Crippen molar-refractivity contribution in [2.24, 2.45) is 4.99 Å².